The van der Waals surface area contributed by atoms with Gasteiger partial charge in [-0.25, -0.2) is 0 Å². The van der Waals surface area contributed by atoms with Crippen molar-refractivity contribution >= 4 is 28.9 Å². The zero-order chi connectivity index (χ0) is 23.8. The minimum atomic E-state index is -2.79. The Kier molecular flexibility index (Phi) is 10.1. The summed E-state index contributed by atoms with van der Waals surface area (Å²) in [5, 5.41) is 0. The Morgan fingerprint density at radius 3 is 0.969 bits per heavy atom. The SMILES string of the molecule is CC(C)[C@H]1CC[C@@H](C)C[C@H]1[Sn]([Br])([C@@H]1C[C@H](C)CC[C@H]1C(C)C)[C@@H]1C[C@H](C)CC[C@H]1C(C)C. The molecule has 0 amide bonds. The molecule has 0 aromatic carbocycles. The Balaban J connectivity index is 2.14. The van der Waals surface area contributed by atoms with Gasteiger partial charge in [-0.05, 0) is 0 Å². The van der Waals surface area contributed by atoms with Gasteiger partial charge in [0, 0.05) is 0 Å². The molecule has 188 valence electrons. The van der Waals surface area contributed by atoms with Gasteiger partial charge in [0.25, 0.3) is 0 Å². The van der Waals surface area contributed by atoms with Gasteiger partial charge in [-0.2, -0.15) is 0 Å². The summed E-state index contributed by atoms with van der Waals surface area (Å²) in [6, 6.07) is 0. The summed E-state index contributed by atoms with van der Waals surface area (Å²) >= 11 is 2.30. The molecule has 3 aliphatic rings. The molecule has 3 aliphatic carbocycles. The van der Waals surface area contributed by atoms with Crippen LogP contribution >= 0.6 is 12.7 Å². The van der Waals surface area contributed by atoms with Gasteiger partial charge >= 0.3 is 214 Å². The van der Waals surface area contributed by atoms with Gasteiger partial charge in [0.15, 0.2) is 0 Å². The Labute approximate surface area is 212 Å². The molecule has 0 saturated heterocycles. The van der Waals surface area contributed by atoms with Crippen LogP contribution in [0.15, 0.2) is 0 Å². The zero-order valence-corrected chi connectivity index (χ0v) is 27.6. The van der Waals surface area contributed by atoms with Gasteiger partial charge in [0.05, 0.1) is 0 Å². The molecule has 0 radical (unpaired) electrons. The molecular formula is C30H57BrSn. The molecule has 0 spiro atoms. The van der Waals surface area contributed by atoms with E-state index in [-0.39, 0.29) is 0 Å². The fourth-order valence-electron chi connectivity index (χ4n) is 8.96. The van der Waals surface area contributed by atoms with Crippen LogP contribution in [0.4, 0.5) is 0 Å². The van der Waals surface area contributed by atoms with Crippen LogP contribution in [0.3, 0.4) is 0 Å². The average Bonchev–Trinajstić information content (AvgIpc) is 2.72. The second-order valence-electron chi connectivity index (χ2n) is 14.1. The first-order valence-electron chi connectivity index (χ1n) is 14.7. The molecule has 2 heteroatoms. The standard InChI is InChI=1S/3C10H19.BrH.Sn/c3*1-8(2)10-6-4-9(3)5-7-10;;/h3*6,8-10H,4-5,7H2,1-3H3;1H;/q;;;;+1/p-1/t9-,10+;2*9-,10-;;/m000../s1. The van der Waals surface area contributed by atoms with Gasteiger partial charge in [-0.1, -0.05) is 0 Å². The van der Waals surface area contributed by atoms with Crippen molar-refractivity contribution in [1.29, 1.82) is 0 Å². The molecule has 0 bridgehead atoms. The van der Waals surface area contributed by atoms with Crippen LogP contribution in [0.1, 0.15) is 120 Å². The maximum atomic E-state index is 5.09. The van der Waals surface area contributed by atoms with Crippen molar-refractivity contribution in [3.05, 3.63) is 0 Å². The Bertz CT molecular complexity index is 505. The van der Waals surface area contributed by atoms with E-state index >= 15 is 0 Å². The molecule has 9 atom stereocenters. The third-order valence-corrected chi connectivity index (χ3v) is 38.0. The van der Waals surface area contributed by atoms with Crippen LogP contribution in [-0.2, 0) is 0 Å². The maximum absolute atomic E-state index is 5.09. The predicted molar refractivity (Wildman–Crippen MR) is 150 cm³/mol. The van der Waals surface area contributed by atoms with Crippen LogP contribution in [0.2, 0.25) is 11.8 Å². The van der Waals surface area contributed by atoms with Gasteiger partial charge in [0.1, 0.15) is 0 Å². The van der Waals surface area contributed by atoms with E-state index in [2.05, 4.69) is 62.3 Å². The van der Waals surface area contributed by atoms with E-state index in [1.165, 1.54) is 38.5 Å². The molecular weight excluding hydrogens is 559 g/mol. The van der Waals surface area contributed by atoms with Crippen LogP contribution in [0.25, 0.3) is 0 Å². The molecule has 0 aromatic heterocycles. The third-order valence-electron chi connectivity index (χ3n) is 10.8. The molecule has 0 N–H and O–H groups in total. The minimum absolute atomic E-state index is 0.859. The summed E-state index contributed by atoms with van der Waals surface area (Å²) in [5.74, 6) is 8.36. The summed E-state index contributed by atoms with van der Waals surface area (Å²) in [6.07, 6.45) is 13.6. The van der Waals surface area contributed by atoms with Gasteiger partial charge in [0.2, 0.25) is 0 Å². The second kappa shape index (κ2) is 11.6. The Morgan fingerprint density at radius 2 is 0.750 bits per heavy atom. The molecule has 0 aliphatic heterocycles. The van der Waals surface area contributed by atoms with Gasteiger partial charge < -0.3 is 0 Å². The molecule has 0 aromatic rings. The molecule has 3 rings (SSSR count). The van der Waals surface area contributed by atoms with E-state index in [1.54, 1.807) is 19.3 Å². The van der Waals surface area contributed by atoms with E-state index in [9.17, 15) is 0 Å². The molecule has 32 heavy (non-hydrogen) atoms. The fraction of sp³-hybridized carbons (Fsp3) is 1.00. The normalized spacial score (nSPS) is 42.1. The fourth-order valence-corrected chi connectivity index (χ4v) is 41.1. The first-order chi connectivity index (χ1) is 15.0. The van der Waals surface area contributed by atoms with E-state index < -0.39 is 16.2 Å². The Morgan fingerprint density at radius 1 is 0.500 bits per heavy atom. The summed E-state index contributed by atoms with van der Waals surface area (Å²) in [6.45, 7) is 23.2. The van der Waals surface area contributed by atoms with Crippen LogP contribution in [-0.4, -0.2) is 16.2 Å². The third kappa shape index (κ3) is 5.81. The summed E-state index contributed by atoms with van der Waals surface area (Å²) in [7, 11) is 0. The van der Waals surface area contributed by atoms with Gasteiger partial charge in [-0.3, -0.25) is 0 Å². The molecule has 0 nitrogen and oxygen atoms in total. The number of rotatable bonds is 6. The van der Waals surface area contributed by atoms with E-state index in [0.717, 1.165) is 65.1 Å². The number of halogens is 1. The van der Waals surface area contributed by atoms with Crippen molar-refractivity contribution < 1.29 is 0 Å². The van der Waals surface area contributed by atoms with E-state index in [4.69, 9.17) is 12.7 Å². The predicted octanol–water partition coefficient (Wildman–Crippen LogP) is 10.7. The number of hydrogen-bond acceptors (Lipinski definition) is 0. The van der Waals surface area contributed by atoms with Crippen molar-refractivity contribution in [2.45, 2.75) is 132 Å². The number of hydrogen-bond donors (Lipinski definition) is 0. The van der Waals surface area contributed by atoms with Crippen molar-refractivity contribution in [2.24, 2.45) is 53.3 Å². The molecule has 3 fully saturated rings. The van der Waals surface area contributed by atoms with Crippen LogP contribution in [0, 0.1) is 53.3 Å². The van der Waals surface area contributed by atoms with Crippen molar-refractivity contribution in [2.75, 3.05) is 0 Å². The summed E-state index contributed by atoms with van der Waals surface area (Å²) in [5.41, 5.74) is 0. The van der Waals surface area contributed by atoms with Crippen molar-refractivity contribution in [3.63, 3.8) is 0 Å². The quantitative estimate of drug-likeness (QED) is 0.261. The topological polar surface area (TPSA) is 0 Å². The second-order valence-corrected chi connectivity index (χ2v) is 34.4. The molecule has 3 saturated carbocycles. The van der Waals surface area contributed by atoms with E-state index in [0.29, 0.717) is 0 Å². The van der Waals surface area contributed by atoms with Gasteiger partial charge in [-0.15, -0.1) is 0 Å². The van der Waals surface area contributed by atoms with Crippen LogP contribution in [0.5, 0.6) is 0 Å². The Hall–Kier alpha value is 1.28. The van der Waals surface area contributed by atoms with E-state index in [1.807, 2.05) is 0 Å². The van der Waals surface area contributed by atoms with Crippen molar-refractivity contribution in [3.8, 4) is 0 Å². The zero-order valence-electron chi connectivity index (χ0n) is 23.2. The van der Waals surface area contributed by atoms with Crippen LogP contribution < -0.4 is 0 Å². The summed E-state index contributed by atoms with van der Waals surface area (Å²) < 4.78 is 3.17. The molecule has 0 unspecified atom stereocenters. The first-order valence-corrected chi connectivity index (χ1v) is 26.0. The average molecular weight is 616 g/mol. The molecule has 0 heterocycles. The first kappa shape index (κ1) is 27.9. The summed E-state index contributed by atoms with van der Waals surface area (Å²) in [4.78, 5) is 0. The van der Waals surface area contributed by atoms with Crippen molar-refractivity contribution in [1.82, 2.24) is 0 Å². The monoisotopic (exact) mass is 616 g/mol.